The molecule has 0 saturated heterocycles. The molecule has 4 rings (SSSR count). The van der Waals surface area contributed by atoms with E-state index < -0.39 is 0 Å². The van der Waals surface area contributed by atoms with Gasteiger partial charge in [0.1, 0.15) is 5.76 Å². The SMILES string of the molecule is CCC1(CC)CCC(C2c3cc(-c4c(C)noc4C)ccc3C(=O)N2C)CC1. The van der Waals surface area contributed by atoms with Crippen molar-refractivity contribution in [2.75, 3.05) is 7.05 Å². The first-order chi connectivity index (χ1) is 13.4. The first-order valence-electron chi connectivity index (χ1n) is 10.7. The highest BCUT2D eigenvalue weighted by Crippen LogP contribution is 2.50. The van der Waals surface area contributed by atoms with Crippen molar-refractivity contribution in [2.45, 2.75) is 72.3 Å². The van der Waals surface area contributed by atoms with E-state index in [-0.39, 0.29) is 11.9 Å². The summed E-state index contributed by atoms with van der Waals surface area (Å²) in [7, 11) is 1.98. The Hall–Kier alpha value is -2.10. The van der Waals surface area contributed by atoms with Gasteiger partial charge in [0.05, 0.1) is 11.7 Å². The van der Waals surface area contributed by atoms with Gasteiger partial charge < -0.3 is 9.42 Å². The maximum atomic E-state index is 12.9. The van der Waals surface area contributed by atoms with Crippen LogP contribution in [-0.4, -0.2) is 23.0 Å². The Labute approximate surface area is 168 Å². The van der Waals surface area contributed by atoms with E-state index in [1.807, 2.05) is 37.9 Å². The molecular formula is C24H32N2O2. The van der Waals surface area contributed by atoms with Crippen LogP contribution in [-0.2, 0) is 0 Å². The standard InChI is InChI=1S/C24H32N2O2/c1-6-24(7-2)12-10-17(11-13-24)22-20-14-18(21-15(3)25-28-16(21)4)8-9-19(20)23(27)26(22)5/h8-9,14,17,22H,6-7,10-13H2,1-5H3. The van der Waals surface area contributed by atoms with E-state index in [1.54, 1.807) is 0 Å². The highest BCUT2D eigenvalue weighted by atomic mass is 16.5. The second-order valence-electron chi connectivity index (χ2n) is 8.91. The minimum atomic E-state index is 0.160. The molecule has 0 bridgehead atoms. The Bertz CT molecular complexity index is 865. The summed E-state index contributed by atoms with van der Waals surface area (Å²) in [5, 5.41) is 4.11. The van der Waals surface area contributed by atoms with Crippen LogP contribution < -0.4 is 0 Å². The van der Waals surface area contributed by atoms with Crippen LogP contribution in [0.15, 0.2) is 22.7 Å². The van der Waals surface area contributed by atoms with Gasteiger partial charge in [-0.25, -0.2) is 0 Å². The van der Waals surface area contributed by atoms with E-state index in [9.17, 15) is 4.79 Å². The lowest BCUT2D eigenvalue weighted by atomic mass is 9.65. The van der Waals surface area contributed by atoms with Gasteiger partial charge in [0, 0.05) is 18.2 Å². The van der Waals surface area contributed by atoms with Gasteiger partial charge in [-0.2, -0.15) is 0 Å². The summed E-state index contributed by atoms with van der Waals surface area (Å²) in [6, 6.07) is 6.45. The lowest BCUT2D eigenvalue weighted by Crippen LogP contribution is -2.34. The zero-order valence-electron chi connectivity index (χ0n) is 17.8. The number of aryl methyl sites for hydroxylation is 2. The first-order valence-corrected chi connectivity index (χ1v) is 10.7. The fraction of sp³-hybridized carbons (Fsp3) is 0.583. The van der Waals surface area contributed by atoms with E-state index in [0.717, 1.165) is 28.1 Å². The molecule has 0 radical (unpaired) electrons. The fourth-order valence-electron chi connectivity index (χ4n) is 5.67. The van der Waals surface area contributed by atoms with E-state index >= 15 is 0 Å². The molecule has 1 aliphatic heterocycles. The number of hydrogen-bond acceptors (Lipinski definition) is 3. The molecule has 1 fully saturated rings. The summed E-state index contributed by atoms with van der Waals surface area (Å²) in [5.74, 6) is 1.54. The lowest BCUT2D eigenvalue weighted by molar-refractivity contribution is 0.0601. The molecule has 1 atom stereocenters. The molecule has 2 heterocycles. The highest BCUT2D eigenvalue weighted by Gasteiger charge is 2.42. The van der Waals surface area contributed by atoms with Crippen LogP contribution in [0.4, 0.5) is 0 Å². The number of benzene rings is 1. The van der Waals surface area contributed by atoms with Crippen LogP contribution in [0.2, 0.25) is 0 Å². The molecule has 1 aliphatic carbocycles. The molecule has 4 heteroatoms. The number of rotatable bonds is 4. The van der Waals surface area contributed by atoms with Crippen LogP contribution in [0.1, 0.15) is 85.8 Å². The zero-order valence-corrected chi connectivity index (χ0v) is 17.8. The Morgan fingerprint density at radius 2 is 1.86 bits per heavy atom. The summed E-state index contributed by atoms with van der Waals surface area (Å²) in [6.07, 6.45) is 7.51. The van der Waals surface area contributed by atoms with Crippen LogP contribution in [0, 0.1) is 25.2 Å². The molecule has 2 aliphatic rings. The number of carbonyl (C=O) groups excluding carboxylic acids is 1. The van der Waals surface area contributed by atoms with Crippen molar-refractivity contribution >= 4 is 5.91 Å². The van der Waals surface area contributed by atoms with Gasteiger partial charge in [-0.05, 0) is 74.1 Å². The molecule has 1 aromatic carbocycles. The molecule has 0 spiro atoms. The second kappa shape index (κ2) is 7.06. The van der Waals surface area contributed by atoms with Crippen molar-refractivity contribution in [1.82, 2.24) is 10.1 Å². The van der Waals surface area contributed by atoms with Gasteiger partial charge in [0.25, 0.3) is 5.91 Å². The molecule has 0 N–H and O–H groups in total. The molecule has 1 amide bonds. The van der Waals surface area contributed by atoms with Crippen molar-refractivity contribution in [2.24, 2.45) is 11.3 Å². The van der Waals surface area contributed by atoms with Gasteiger partial charge in [0.2, 0.25) is 0 Å². The quantitative estimate of drug-likeness (QED) is 0.645. The average Bonchev–Trinajstić information content (AvgIpc) is 3.18. The molecular weight excluding hydrogens is 348 g/mol. The van der Waals surface area contributed by atoms with Crippen LogP contribution in [0.3, 0.4) is 0 Å². The maximum Gasteiger partial charge on any atom is 0.254 e. The van der Waals surface area contributed by atoms with Gasteiger partial charge in [-0.3, -0.25) is 4.79 Å². The Morgan fingerprint density at radius 1 is 1.18 bits per heavy atom. The number of fused-ring (bicyclic) bond motifs is 1. The third-order valence-electron chi connectivity index (χ3n) is 7.70. The van der Waals surface area contributed by atoms with E-state index in [1.165, 1.54) is 44.1 Å². The fourth-order valence-corrected chi connectivity index (χ4v) is 5.67. The summed E-state index contributed by atoms with van der Waals surface area (Å²) in [4.78, 5) is 14.9. The molecule has 1 saturated carbocycles. The summed E-state index contributed by atoms with van der Waals surface area (Å²) < 4.78 is 5.37. The smallest absolute Gasteiger partial charge is 0.254 e. The number of aromatic nitrogens is 1. The van der Waals surface area contributed by atoms with Crippen molar-refractivity contribution in [3.63, 3.8) is 0 Å². The number of carbonyl (C=O) groups is 1. The Morgan fingerprint density at radius 3 is 2.43 bits per heavy atom. The van der Waals surface area contributed by atoms with Crippen molar-refractivity contribution in [3.05, 3.63) is 40.8 Å². The lowest BCUT2D eigenvalue weighted by Gasteiger charge is -2.42. The Kier molecular flexibility index (Phi) is 4.84. The second-order valence-corrected chi connectivity index (χ2v) is 8.91. The van der Waals surface area contributed by atoms with E-state index in [2.05, 4.69) is 25.1 Å². The Balaban J connectivity index is 1.68. The summed E-state index contributed by atoms with van der Waals surface area (Å²) in [6.45, 7) is 8.60. The predicted molar refractivity (Wildman–Crippen MR) is 111 cm³/mol. The molecule has 28 heavy (non-hydrogen) atoms. The molecule has 1 aromatic heterocycles. The normalized spacial score (nSPS) is 22.0. The molecule has 2 aromatic rings. The van der Waals surface area contributed by atoms with Gasteiger partial charge in [0.15, 0.2) is 0 Å². The summed E-state index contributed by atoms with van der Waals surface area (Å²) >= 11 is 0. The third-order valence-corrected chi connectivity index (χ3v) is 7.70. The number of nitrogens with zero attached hydrogens (tertiary/aromatic N) is 2. The number of hydrogen-bond donors (Lipinski definition) is 0. The van der Waals surface area contributed by atoms with Crippen LogP contribution >= 0.6 is 0 Å². The monoisotopic (exact) mass is 380 g/mol. The summed E-state index contributed by atoms with van der Waals surface area (Å²) in [5.41, 5.74) is 5.64. The predicted octanol–water partition coefficient (Wildman–Crippen LogP) is 6.08. The maximum absolute atomic E-state index is 12.9. The third kappa shape index (κ3) is 2.89. The molecule has 1 unspecified atom stereocenters. The largest absolute Gasteiger partial charge is 0.361 e. The van der Waals surface area contributed by atoms with Crippen molar-refractivity contribution < 1.29 is 9.32 Å². The minimum absolute atomic E-state index is 0.160. The average molecular weight is 381 g/mol. The van der Waals surface area contributed by atoms with Gasteiger partial charge in [-0.1, -0.05) is 37.9 Å². The topological polar surface area (TPSA) is 46.3 Å². The van der Waals surface area contributed by atoms with E-state index in [0.29, 0.717) is 11.3 Å². The first kappa shape index (κ1) is 19.2. The van der Waals surface area contributed by atoms with Crippen molar-refractivity contribution in [1.29, 1.82) is 0 Å². The van der Waals surface area contributed by atoms with Crippen LogP contribution in [0.25, 0.3) is 11.1 Å². The van der Waals surface area contributed by atoms with E-state index in [4.69, 9.17) is 4.52 Å². The number of amides is 1. The van der Waals surface area contributed by atoms with Crippen molar-refractivity contribution in [3.8, 4) is 11.1 Å². The minimum Gasteiger partial charge on any atom is -0.361 e. The van der Waals surface area contributed by atoms with Gasteiger partial charge in [-0.15, -0.1) is 0 Å². The molecule has 150 valence electrons. The molecule has 4 nitrogen and oxygen atoms in total. The van der Waals surface area contributed by atoms with Crippen LogP contribution in [0.5, 0.6) is 0 Å². The zero-order chi connectivity index (χ0) is 20.1. The highest BCUT2D eigenvalue weighted by molar-refractivity contribution is 5.99. The van der Waals surface area contributed by atoms with Gasteiger partial charge >= 0.3 is 0 Å².